The van der Waals surface area contributed by atoms with Gasteiger partial charge in [-0.25, -0.2) is 9.78 Å². The number of likely N-dealkylation sites (tertiary alicyclic amines) is 1. The molecule has 2 aromatic rings. The number of aliphatic carboxylic acids is 1. The van der Waals surface area contributed by atoms with E-state index in [0.29, 0.717) is 81.9 Å². The molecule has 2 aliphatic heterocycles. The molecule has 2 amide bonds. The molecular formula is C28H31F3N4O4S. The van der Waals surface area contributed by atoms with E-state index in [-0.39, 0.29) is 23.3 Å². The number of alkyl halides is 3. The molecule has 2 fully saturated rings. The highest BCUT2D eigenvalue weighted by Gasteiger charge is 2.33. The van der Waals surface area contributed by atoms with Gasteiger partial charge in [-0.2, -0.15) is 13.2 Å². The molecule has 1 aromatic carbocycles. The van der Waals surface area contributed by atoms with Crippen molar-refractivity contribution in [3.63, 3.8) is 0 Å². The fourth-order valence-corrected chi connectivity index (χ4v) is 6.64. The predicted octanol–water partition coefficient (Wildman–Crippen LogP) is 4.79. The molecule has 1 aliphatic carbocycles. The minimum absolute atomic E-state index is 0.118. The second kappa shape index (κ2) is 11.6. The van der Waals surface area contributed by atoms with Gasteiger partial charge in [0.1, 0.15) is 5.69 Å². The van der Waals surface area contributed by atoms with E-state index < -0.39 is 17.7 Å². The van der Waals surface area contributed by atoms with Crippen LogP contribution in [0.15, 0.2) is 40.8 Å². The molecule has 0 unspecified atom stereocenters. The lowest BCUT2D eigenvalue weighted by atomic mass is 9.89. The van der Waals surface area contributed by atoms with Crippen LogP contribution in [0.1, 0.15) is 65.5 Å². The van der Waals surface area contributed by atoms with Gasteiger partial charge < -0.3 is 19.8 Å². The van der Waals surface area contributed by atoms with Gasteiger partial charge in [0, 0.05) is 67.4 Å². The van der Waals surface area contributed by atoms with Gasteiger partial charge in [-0.05, 0) is 56.7 Å². The topological polar surface area (TPSA) is 94.0 Å². The third kappa shape index (κ3) is 6.01. The molecular weight excluding hydrogens is 545 g/mol. The van der Waals surface area contributed by atoms with Crippen molar-refractivity contribution in [3.05, 3.63) is 57.1 Å². The lowest BCUT2D eigenvalue weighted by Crippen LogP contribution is -2.49. The number of carboxylic acids is 1. The average Bonchev–Trinajstić information content (AvgIpc) is 3.47. The van der Waals surface area contributed by atoms with E-state index in [1.807, 2.05) is 4.90 Å². The summed E-state index contributed by atoms with van der Waals surface area (Å²) >= 11 is 1.43. The van der Waals surface area contributed by atoms with Crippen LogP contribution >= 0.6 is 11.3 Å². The van der Waals surface area contributed by atoms with Gasteiger partial charge in [-0.15, -0.1) is 11.3 Å². The average molecular weight is 577 g/mol. The molecule has 1 aromatic heterocycles. The highest BCUT2D eigenvalue weighted by molar-refractivity contribution is 7.09. The maximum Gasteiger partial charge on any atom is 0.416 e. The number of aromatic nitrogens is 1. The maximum atomic E-state index is 13.1. The fourth-order valence-electron chi connectivity index (χ4n) is 5.68. The molecule has 12 heteroatoms. The molecule has 0 spiro atoms. The zero-order valence-electron chi connectivity index (χ0n) is 22.0. The minimum atomic E-state index is -4.40. The molecule has 3 heterocycles. The van der Waals surface area contributed by atoms with Gasteiger partial charge >= 0.3 is 12.1 Å². The number of rotatable bonds is 5. The molecule has 5 rings (SSSR count). The van der Waals surface area contributed by atoms with Crippen LogP contribution < -0.4 is 4.90 Å². The summed E-state index contributed by atoms with van der Waals surface area (Å²) in [5.41, 5.74) is 0.848. The van der Waals surface area contributed by atoms with E-state index in [0.717, 1.165) is 30.0 Å². The van der Waals surface area contributed by atoms with E-state index in [1.165, 1.54) is 17.4 Å². The quantitative estimate of drug-likeness (QED) is 0.551. The number of benzene rings is 1. The van der Waals surface area contributed by atoms with E-state index in [1.54, 1.807) is 21.2 Å². The van der Waals surface area contributed by atoms with Gasteiger partial charge in [0.15, 0.2) is 0 Å². The van der Waals surface area contributed by atoms with E-state index in [4.69, 9.17) is 0 Å². The first kappa shape index (κ1) is 28.1. The molecule has 8 nitrogen and oxygen atoms in total. The molecule has 1 N–H and O–H groups in total. The van der Waals surface area contributed by atoms with Crippen molar-refractivity contribution in [1.29, 1.82) is 0 Å². The second-order valence-electron chi connectivity index (χ2n) is 10.4. The van der Waals surface area contributed by atoms with E-state index in [9.17, 15) is 32.7 Å². The van der Waals surface area contributed by atoms with Crippen LogP contribution in [0.2, 0.25) is 0 Å². The fraction of sp³-hybridized carbons (Fsp3) is 0.500. The zero-order valence-corrected chi connectivity index (χ0v) is 22.8. The first-order valence-electron chi connectivity index (χ1n) is 13.5. The smallest absolute Gasteiger partial charge is 0.416 e. The molecule has 0 saturated carbocycles. The van der Waals surface area contributed by atoms with Crippen molar-refractivity contribution in [2.24, 2.45) is 0 Å². The first-order valence-corrected chi connectivity index (χ1v) is 14.4. The van der Waals surface area contributed by atoms with Gasteiger partial charge in [-0.3, -0.25) is 9.59 Å². The highest BCUT2D eigenvalue weighted by atomic mass is 32.1. The maximum absolute atomic E-state index is 13.1. The lowest BCUT2D eigenvalue weighted by molar-refractivity contribution is -0.137. The number of halogens is 3. The number of carbonyl (C=O) groups excluding carboxylic acids is 2. The number of carbonyl (C=O) groups is 3. The number of amides is 2. The monoisotopic (exact) mass is 576 g/mol. The molecule has 0 bridgehead atoms. The van der Waals surface area contributed by atoms with Crippen molar-refractivity contribution in [3.8, 4) is 0 Å². The van der Waals surface area contributed by atoms with Crippen molar-refractivity contribution in [2.45, 2.75) is 50.6 Å². The van der Waals surface area contributed by atoms with Crippen LogP contribution in [0, 0.1) is 0 Å². The number of hydrogen-bond donors (Lipinski definition) is 1. The third-order valence-corrected chi connectivity index (χ3v) is 8.97. The van der Waals surface area contributed by atoms with Gasteiger partial charge in [-0.1, -0.05) is 6.07 Å². The summed E-state index contributed by atoms with van der Waals surface area (Å²) < 4.78 is 39.3. The molecule has 40 heavy (non-hydrogen) atoms. The Morgan fingerprint density at radius 3 is 2.20 bits per heavy atom. The van der Waals surface area contributed by atoms with Crippen LogP contribution in [0.4, 0.5) is 18.9 Å². The summed E-state index contributed by atoms with van der Waals surface area (Å²) in [7, 11) is 0. The largest absolute Gasteiger partial charge is 0.478 e. The normalized spacial score (nSPS) is 19.2. The number of piperidine rings is 1. The minimum Gasteiger partial charge on any atom is -0.478 e. The van der Waals surface area contributed by atoms with Gasteiger partial charge in [0.25, 0.3) is 5.91 Å². The Hall–Kier alpha value is -3.41. The summed E-state index contributed by atoms with van der Waals surface area (Å²) in [6.45, 7) is 2.65. The molecule has 2 saturated heterocycles. The second-order valence-corrected chi connectivity index (χ2v) is 11.3. The Morgan fingerprint density at radius 2 is 1.55 bits per heavy atom. The predicted molar refractivity (Wildman–Crippen MR) is 143 cm³/mol. The van der Waals surface area contributed by atoms with E-state index in [2.05, 4.69) is 4.98 Å². The van der Waals surface area contributed by atoms with Crippen LogP contribution in [-0.4, -0.2) is 76.9 Å². The highest BCUT2D eigenvalue weighted by Crippen LogP contribution is 2.34. The Morgan fingerprint density at radius 1 is 0.900 bits per heavy atom. The van der Waals surface area contributed by atoms with Gasteiger partial charge in [0.05, 0.1) is 10.6 Å². The van der Waals surface area contributed by atoms with Crippen molar-refractivity contribution >= 4 is 34.8 Å². The standard InChI is InChI=1S/C28H31F3N4O4S/c29-28(30,31)19-4-3-5-20(16-19)33-12-14-35(15-13-33)26(37)23-17-40-24(32-23)18-8-10-34(11-9-18)25(36)21-6-1-2-7-22(21)27(38)39/h3-5,16-18H,1-2,6-15H2,(H,38,39). The summed E-state index contributed by atoms with van der Waals surface area (Å²) in [4.78, 5) is 47.6. The van der Waals surface area contributed by atoms with Gasteiger partial charge in [0.2, 0.25) is 5.91 Å². The molecule has 0 atom stereocenters. The SMILES string of the molecule is O=C(O)C1=C(C(=O)N2CCC(c3nc(C(=O)N4CCN(c5cccc(C(F)(F)F)c5)CC4)cs3)CC2)CCCC1. The number of piperazine rings is 1. The van der Waals surface area contributed by atoms with Crippen molar-refractivity contribution < 1.29 is 32.7 Å². The van der Waals surface area contributed by atoms with Crippen molar-refractivity contribution in [1.82, 2.24) is 14.8 Å². The van der Waals surface area contributed by atoms with Crippen LogP contribution in [0.5, 0.6) is 0 Å². The number of anilines is 1. The van der Waals surface area contributed by atoms with Crippen LogP contribution in [-0.2, 0) is 15.8 Å². The summed E-state index contributed by atoms with van der Waals surface area (Å²) in [5, 5.41) is 12.1. The van der Waals surface area contributed by atoms with E-state index >= 15 is 0 Å². The summed E-state index contributed by atoms with van der Waals surface area (Å²) in [6.07, 6.45) is -0.465. The summed E-state index contributed by atoms with van der Waals surface area (Å²) in [6, 6.07) is 5.23. The number of thiazole rings is 1. The van der Waals surface area contributed by atoms with Crippen LogP contribution in [0.25, 0.3) is 0 Å². The first-order chi connectivity index (χ1) is 19.1. The Bertz CT molecular complexity index is 1310. The Labute approximate surface area is 234 Å². The molecule has 214 valence electrons. The Kier molecular flexibility index (Phi) is 8.16. The number of hydrogen-bond acceptors (Lipinski definition) is 6. The summed E-state index contributed by atoms with van der Waals surface area (Å²) in [5.74, 6) is -1.25. The number of nitrogens with zero attached hydrogens (tertiary/aromatic N) is 4. The lowest BCUT2D eigenvalue weighted by Gasteiger charge is -2.36. The Balaban J connectivity index is 1.15. The third-order valence-electron chi connectivity index (χ3n) is 7.96. The molecule has 3 aliphatic rings. The molecule has 0 radical (unpaired) electrons. The number of carboxylic acid groups (broad SMARTS) is 1. The zero-order chi connectivity index (χ0) is 28.4. The van der Waals surface area contributed by atoms with Crippen molar-refractivity contribution in [2.75, 3.05) is 44.2 Å². The van der Waals surface area contributed by atoms with Crippen LogP contribution in [0.3, 0.4) is 0 Å².